The molecule has 0 saturated heterocycles. The lowest BCUT2D eigenvalue weighted by Crippen LogP contribution is -2.18. The van der Waals surface area contributed by atoms with Gasteiger partial charge in [0.1, 0.15) is 5.82 Å². The maximum Gasteiger partial charge on any atom is 0.123 e. The summed E-state index contributed by atoms with van der Waals surface area (Å²) in [5.41, 5.74) is 8.71. The van der Waals surface area contributed by atoms with E-state index in [4.69, 9.17) is 17.3 Å². The lowest BCUT2D eigenvalue weighted by atomic mass is 10.0. The Labute approximate surface area is 134 Å². The van der Waals surface area contributed by atoms with Crippen molar-refractivity contribution in [1.82, 2.24) is 0 Å². The number of anilines is 1. The van der Waals surface area contributed by atoms with Crippen LogP contribution in [0.4, 0.5) is 10.1 Å². The summed E-state index contributed by atoms with van der Waals surface area (Å²) in [6.45, 7) is 0.573. The third-order valence-electron chi connectivity index (χ3n) is 3.75. The maximum atomic E-state index is 13.2. The van der Waals surface area contributed by atoms with E-state index in [0.29, 0.717) is 11.6 Å². The second-order valence-electron chi connectivity index (χ2n) is 5.30. The SMILES string of the molecule is NCCC1=NN(c2ccc(F)cc2)C(c2ccc(Cl)cc2)C1. The summed E-state index contributed by atoms with van der Waals surface area (Å²) in [4.78, 5) is 0. The molecule has 5 heteroatoms. The van der Waals surface area contributed by atoms with E-state index in [1.807, 2.05) is 29.3 Å². The summed E-state index contributed by atoms with van der Waals surface area (Å²) in [5, 5.41) is 7.32. The number of rotatable bonds is 4. The molecular weight excluding hydrogens is 301 g/mol. The lowest BCUT2D eigenvalue weighted by Gasteiger charge is -2.24. The van der Waals surface area contributed by atoms with Crippen LogP contribution in [0.15, 0.2) is 53.6 Å². The number of hydrogen-bond acceptors (Lipinski definition) is 3. The molecule has 2 N–H and O–H groups in total. The Hall–Kier alpha value is -1.91. The Bertz CT molecular complexity index is 667. The fraction of sp³-hybridized carbons (Fsp3) is 0.235. The zero-order valence-electron chi connectivity index (χ0n) is 12.0. The van der Waals surface area contributed by atoms with Gasteiger partial charge >= 0.3 is 0 Å². The van der Waals surface area contributed by atoms with Crippen molar-refractivity contribution in [2.24, 2.45) is 10.8 Å². The molecule has 0 aliphatic carbocycles. The summed E-state index contributed by atoms with van der Waals surface area (Å²) >= 11 is 5.97. The Morgan fingerprint density at radius 2 is 1.82 bits per heavy atom. The predicted octanol–water partition coefficient (Wildman–Crippen LogP) is 4.14. The van der Waals surface area contributed by atoms with Gasteiger partial charge < -0.3 is 5.73 Å². The summed E-state index contributed by atoms with van der Waals surface area (Å²) in [5.74, 6) is -0.253. The molecule has 3 nitrogen and oxygen atoms in total. The minimum atomic E-state index is -0.253. The largest absolute Gasteiger partial charge is 0.330 e. The molecule has 2 aromatic carbocycles. The molecule has 0 spiro atoms. The lowest BCUT2D eigenvalue weighted by molar-refractivity contribution is 0.626. The Balaban J connectivity index is 1.93. The smallest absolute Gasteiger partial charge is 0.123 e. The fourth-order valence-corrected chi connectivity index (χ4v) is 2.79. The van der Waals surface area contributed by atoms with E-state index in [0.717, 1.165) is 29.8 Å². The van der Waals surface area contributed by atoms with E-state index in [9.17, 15) is 4.39 Å². The van der Waals surface area contributed by atoms with Crippen LogP contribution < -0.4 is 10.7 Å². The summed E-state index contributed by atoms with van der Waals surface area (Å²) in [7, 11) is 0. The van der Waals surface area contributed by atoms with Crippen molar-refractivity contribution in [2.75, 3.05) is 11.6 Å². The van der Waals surface area contributed by atoms with Crippen LogP contribution in [-0.4, -0.2) is 12.3 Å². The van der Waals surface area contributed by atoms with Gasteiger partial charge in [-0.3, -0.25) is 5.01 Å². The van der Waals surface area contributed by atoms with Crippen molar-refractivity contribution in [3.8, 4) is 0 Å². The van der Waals surface area contributed by atoms with E-state index in [2.05, 4.69) is 5.10 Å². The number of benzene rings is 2. The van der Waals surface area contributed by atoms with Crippen molar-refractivity contribution in [2.45, 2.75) is 18.9 Å². The molecule has 114 valence electrons. The Kier molecular flexibility index (Phi) is 4.41. The summed E-state index contributed by atoms with van der Waals surface area (Å²) in [6, 6.07) is 14.2. The molecule has 1 aliphatic rings. The zero-order valence-corrected chi connectivity index (χ0v) is 12.8. The van der Waals surface area contributed by atoms with Gasteiger partial charge in [-0.05, 0) is 54.9 Å². The molecule has 1 aliphatic heterocycles. The molecule has 0 aromatic heterocycles. The number of halogens is 2. The van der Waals surface area contributed by atoms with Crippen molar-refractivity contribution >= 4 is 23.0 Å². The van der Waals surface area contributed by atoms with E-state index < -0.39 is 0 Å². The monoisotopic (exact) mass is 317 g/mol. The van der Waals surface area contributed by atoms with Crippen molar-refractivity contribution in [3.63, 3.8) is 0 Å². The molecule has 0 amide bonds. The minimum absolute atomic E-state index is 0.0873. The highest BCUT2D eigenvalue weighted by Crippen LogP contribution is 2.36. The minimum Gasteiger partial charge on any atom is -0.330 e. The number of nitrogens with zero attached hydrogens (tertiary/aromatic N) is 2. The molecule has 3 rings (SSSR count). The van der Waals surface area contributed by atoms with Gasteiger partial charge in [0.15, 0.2) is 0 Å². The van der Waals surface area contributed by atoms with E-state index in [1.54, 1.807) is 12.1 Å². The van der Waals surface area contributed by atoms with Crippen molar-refractivity contribution in [1.29, 1.82) is 0 Å². The third-order valence-corrected chi connectivity index (χ3v) is 4.00. The second kappa shape index (κ2) is 6.46. The average Bonchev–Trinajstić information content (AvgIpc) is 2.93. The van der Waals surface area contributed by atoms with Crippen LogP contribution >= 0.6 is 11.6 Å². The predicted molar refractivity (Wildman–Crippen MR) is 88.8 cm³/mol. The Morgan fingerprint density at radius 1 is 1.14 bits per heavy atom. The van der Waals surface area contributed by atoms with Crippen LogP contribution in [0.1, 0.15) is 24.4 Å². The van der Waals surface area contributed by atoms with Crippen LogP contribution in [0.2, 0.25) is 5.02 Å². The highest BCUT2D eigenvalue weighted by Gasteiger charge is 2.28. The highest BCUT2D eigenvalue weighted by atomic mass is 35.5. The Morgan fingerprint density at radius 3 is 2.45 bits per heavy atom. The molecule has 1 heterocycles. The summed E-state index contributed by atoms with van der Waals surface area (Å²) < 4.78 is 13.2. The first-order chi connectivity index (χ1) is 10.7. The quantitative estimate of drug-likeness (QED) is 0.921. The second-order valence-corrected chi connectivity index (χ2v) is 5.73. The molecule has 1 atom stereocenters. The van der Waals surface area contributed by atoms with Crippen LogP contribution in [0.5, 0.6) is 0 Å². The molecule has 0 radical (unpaired) electrons. The first kappa shape index (κ1) is 15.0. The normalized spacial score (nSPS) is 17.7. The van der Waals surface area contributed by atoms with E-state index in [1.165, 1.54) is 12.1 Å². The van der Waals surface area contributed by atoms with E-state index in [-0.39, 0.29) is 11.9 Å². The van der Waals surface area contributed by atoms with Crippen LogP contribution in [0.25, 0.3) is 0 Å². The van der Waals surface area contributed by atoms with Crippen LogP contribution in [0.3, 0.4) is 0 Å². The van der Waals surface area contributed by atoms with Gasteiger partial charge in [-0.2, -0.15) is 5.10 Å². The van der Waals surface area contributed by atoms with Gasteiger partial charge in [0, 0.05) is 17.2 Å². The maximum absolute atomic E-state index is 13.2. The molecule has 0 saturated carbocycles. The van der Waals surface area contributed by atoms with Crippen LogP contribution in [0, 0.1) is 5.82 Å². The van der Waals surface area contributed by atoms with Gasteiger partial charge in [-0.15, -0.1) is 0 Å². The van der Waals surface area contributed by atoms with Crippen molar-refractivity contribution < 1.29 is 4.39 Å². The van der Waals surface area contributed by atoms with Gasteiger partial charge in [-0.25, -0.2) is 4.39 Å². The van der Waals surface area contributed by atoms with Crippen LogP contribution in [-0.2, 0) is 0 Å². The van der Waals surface area contributed by atoms with Gasteiger partial charge in [0.05, 0.1) is 11.7 Å². The molecular formula is C17H17ClFN3. The molecule has 1 unspecified atom stereocenters. The first-order valence-corrected chi connectivity index (χ1v) is 7.62. The zero-order chi connectivity index (χ0) is 15.5. The van der Waals surface area contributed by atoms with Gasteiger partial charge in [0.25, 0.3) is 0 Å². The highest BCUT2D eigenvalue weighted by molar-refractivity contribution is 6.30. The number of nitrogens with two attached hydrogens (primary N) is 1. The number of hydrogen-bond donors (Lipinski definition) is 1. The molecule has 22 heavy (non-hydrogen) atoms. The van der Waals surface area contributed by atoms with Gasteiger partial charge in [-0.1, -0.05) is 23.7 Å². The number of hydrazone groups is 1. The third kappa shape index (κ3) is 3.13. The average molecular weight is 318 g/mol. The summed E-state index contributed by atoms with van der Waals surface area (Å²) in [6.07, 6.45) is 1.58. The topological polar surface area (TPSA) is 41.6 Å². The van der Waals surface area contributed by atoms with Gasteiger partial charge in [0.2, 0.25) is 0 Å². The first-order valence-electron chi connectivity index (χ1n) is 7.24. The van der Waals surface area contributed by atoms with Crippen molar-refractivity contribution in [3.05, 3.63) is 64.9 Å². The molecule has 2 aromatic rings. The standard InChI is InChI=1S/C17H17ClFN3/c18-13-3-1-12(2-4-13)17-11-15(9-10-20)21-22(17)16-7-5-14(19)6-8-16/h1-8,17H,9-11,20H2. The van der Waals surface area contributed by atoms with E-state index >= 15 is 0 Å². The molecule has 0 bridgehead atoms. The molecule has 0 fully saturated rings. The fourth-order valence-electron chi connectivity index (χ4n) is 2.67.